The van der Waals surface area contributed by atoms with E-state index in [1.54, 1.807) is 0 Å². The van der Waals surface area contributed by atoms with E-state index in [1.807, 2.05) is 0 Å². The minimum Gasteiger partial charge on any atom is -0.452 e. The summed E-state index contributed by atoms with van der Waals surface area (Å²) in [5.41, 5.74) is 0.199. The molecule has 0 aliphatic rings. The summed E-state index contributed by atoms with van der Waals surface area (Å²) in [4.78, 5) is 11.4. The number of hydrogen-bond acceptors (Lipinski definition) is 4. The van der Waals surface area contributed by atoms with Crippen molar-refractivity contribution in [2.45, 2.75) is 0 Å². The van der Waals surface area contributed by atoms with Gasteiger partial charge in [-0.3, -0.25) is 4.79 Å². The maximum absolute atomic E-state index is 11.4. The van der Waals surface area contributed by atoms with E-state index in [0.717, 1.165) is 6.26 Å². The quantitative estimate of drug-likeness (QED) is 0.855. The van der Waals surface area contributed by atoms with Gasteiger partial charge in [-0.05, 0) is 17.7 Å². The van der Waals surface area contributed by atoms with Crippen LogP contribution in [0.25, 0.3) is 0 Å². The number of carbonyl (C=O) groups is 1. The molecule has 0 saturated carbocycles. The average molecular weight is 252 g/mol. The number of amides is 1. The first-order chi connectivity index (χ1) is 6.90. The third kappa shape index (κ3) is 3.93. The smallest absolute Gasteiger partial charge is 0.256 e. The van der Waals surface area contributed by atoms with Crippen LogP contribution in [-0.4, -0.2) is 32.9 Å². The molecular weight excluding hydrogens is 242 g/mol. The molecule has 0 fully saturated rings. The molecule has 0 radical (unpaired) electrons. The normalized spacial score (nSPS) is 11.3. The molecule has 1 amide bonds. The molecule has 15 heavy (non-hydrogen) atoms. The lowest BCUT2D eigenvalue weighted by atomic mass is 10.3. The Kier molecular flexibility index (Phi) is 3.76. The summed E-state index contributed by atoms with van der Waals surface area (Å²) < 4.78 is 26.3. The summed E-state index contributed by atoms with van der Waals surface area (Å²) in [6.45, 7) is 0.0547. The second kappa shape index (κ2) is 4.67. The number of rotatable bonds is 4. The number of carbonyl (C=O) groups excluding carboxylic acids is 1. The average Bonchev–Trinajstić information content (AvgIpc) is 2.48. The third-order valence-corrected chi connectivity index (χ3v) is 2.86. The minimum atomic E-state index is -3.07. The highest BCUT2D eigenvalue weighted by Gasteiger charge is 2.12. The summed E-state index contributed by atoms with van der Waals surface area (Å²) in [7, 11) is -3.07. The lowest BCUT2D eigenvalue weighted by molar-refractivity contribution is 0.0955. The molecule has 0 aliphatic carbocycles. The Hall–Kier alpha value is -1.01. The van der Waals surface area contributed by atoms with Crippen LogP contribution in [-0.2, 0) is 9.84 Å². The van der Waals surface area contributed by atoms with E-state index < -0.39 is 15.7 Å². The zero-order valence-corrected chi connectivity index (χ0v) is 9.56. The number of nitrogens with one attached hydrogen (secondary N) is 1. The van der Waals surface area contributed by atoms with Crippen LogP contribution < -0.4 is 5.32 Å². The van der Waals surface area contributed by atoms with Gasteiger partial charge in [-0.25, -0.2) is 8.42 Å². The van der Waals surface area contributed by atoms with E-state index in [9.17, 15) is 13.2 Å². The fourth-order valence-corrected chi connectivity index (χ4v) is 1.57. The first kappa shape index (κ1) is 12.1. The Balaban J connectivity index is 2.48. The Labute approximate surface area is 92.3 Å². The van der Waals surface area contributed by atoms with Gasteiger partial charge in [0.1, 0.15) is 9.84 Å². The maximum Gasteiger partial charge on any atom is 0.256 e. The molecule has 0 aromatic carbocycles. The summed E-state index contributed by atoms with van der Waals surface area (Å²) in [6, 6.07) is 1.41. The Morgan fingerprint density at radius 3 is 2.73 bits per heavy atom. The first-order valence-corrected chi connectivity index (χ1v) is 6.53. The van der Waals surface area contributed by atoms with E-state index in [2.05, 4.69) is 5.32 Å². The molecule has 84 valence electrons. The second-order valence-corrected chi connectivity index (χ2v) is 5.60. The van der Waals surface area contributed by atoms with Crippen LogP contribution in [0.4, 0.5) is 0 Å². The van der Waals surface area contributed by atoms with Gasteiger partial charge < -0.3 is 9.73 Å². The van der Waals surface area contributed by atoms with E-state index in [1.165, 1.54) is 12.3 Å². The van der Waals surface area contributed by atoms with Crippen molar-refractivity contribution in [2.24, 2.45) is 0 Å². The van der Waals surface area contributed by atoms with Crippen molar-refractivity contribution in [1.82, 2.24) is 5.32 Å². The summed E-state index contributed by atoms with van der Waals surface area (Å²) in [5, 5.41) is 2.41. The molecule has 1 aromatic heterocycles. The molecule has 7 heteroatoms. The van der Waals surface area contributed by atoms with Gasteiger partial charge >= 0.3 is 0 Å². The van der Waals surface area contributed by atoms with Crippen molar-refractivity contribution in [1.29, 1.82) is 0 Å². The fraction of sp³-hybridized carbons (Fsp3) is 0.375. The molecule has 1 rings (SSSR count). The van der Waals surface area contributed by atoms with Gasteiger partial charge in [0.2, 0.25) is 5.22 Å². The molecule has 1 aromatic rings. The van der Waals surface area contributed by atoms with Gasteiger partial charge in [0.05, 0.1) is 17.6 Å². The number of hydrogen-bond donors (Lipinski definition) is 1. The van der Waals surface area contributed by atoms with Crippen LogP contribution in [0.2, 0.25) is 5.22 Å². The lowest BCUT2D eigenvalue weighted by Crippen LogP contribution is -2.28. The predicted molar refractivity (Wildman–Crippen MR) is 55.8 cm³/mol. The van der Waals surface area contributed by atoms with Gasteiger partial charge in [0, 0.05) is 12.8 Å². The molecule has 0 aliphatic heterocycles. The molecule has 1 N–H and O–H groups in total. The van der Waals surface area contributed by atoms with E-state index in [4.69, 9.17) is 16.0 Å². The van der Waals surface area contributed by atoms with Gasteiger partial charge in [-0.15, -0.1) is 0 Å². The molecule has 0 atom stereocenters. The van der Waals surface area contributed by atoms with Gasteiger partial charge in [0.25, 0.3) is 5.91 Å². The highest BCUT2D eigenvalue weighted by atomic mass is 35.5. The van der Waals surface area contributed by atoms with Crippen LogP contribution in [0.15, 0.2) is 16.7 Å². The lowest BCUT2D eigenvalue weighted by Gasteiger charge is -2.02. The van der Waals surface area contributed by atoms with Gasteiger partial charge in [0.15, 0.2) is 0 Å². The predicted octanol–water partition coefficient (Wildman–Crippen LogP) is 0.707. The molecule has 1 heterocycles. The standard InChI is InChI=1S/C8H10ClNO4S/c1-15(12,13)5-3-10-8(11)6-2-4-14-7(6)9/h2,4H,3,5H2,1H3,(H,10,11). The molecule has 5 nitrogen and oxygen atoms in total. The monoisotopic (exact) mass is 251 g/mol. The molecular formula is C8H10ClNO4S. The molecule has 0 unspecified atom stereocenters. The maximum atomic E-state index is 11.4. The van der Waals surface area contributed by atoms with Crippen molar-refractivity contribution >= 4 is 27.3 Å². The fourth-order valence-electron chi connectivity index (χ4n) is 0.901. The van der Waals surface area contributed by atoms with Crippen LogP contribution >= 0.6 is 11.6 Å². The minimum absolute atomic E-state index is 0.00754. The van der Waals surface area contributed by atoms with Crippen molar-refractivity contribution in [3.05, 3.63) is 23.1 Å². The van der Waals surface area contributed by atoms with Gasteiger partial charge in [-0.2, -0.15) is 0 Å². The second-order valence-electron chi connectivity index (χ2n) is 2.99. The molecule has 0 bridgehead atoms. The van der Waals surface area contributed by atoms with Crippen LogP contribution in [0, 0.1) is 0 Å². The summed E-state index contributed by atoms with van der Waals surface area (Å²) in [5.74, 6) is -0.550. The van der Waals surface area contributed by atoms with Crippen LogP contribution in [0.3, 0.4) is 0 Å². The van der Waals surface area contributed by atoms with Gasteiger partial charge in [-0.1, -0.05) is 0 Å². The van der Waals surface area contributed by atoms with Crippen molar-refractivity contribution in [3.8, 4) is 0 Å². The van der Waals surface area contributed by atoms with E-state index in [-0.39, 0.29) is 23.1 Å². The summed E-state index contributed by atoms with van der Waals surface area (Å²) in [6.07, 6.45) is 2.39. The van der Waals surface area contributed by atoms with E-state index in [0.29, 0.717) is 0 Å². The number of sulfone groups is 1. The first-order valence-electron chi connectivity index (χ1n) is 4.09. The number of halogens is 1. The zero-order chi connectivity index (χ0) is 11.5. The largest absolute Gasteiger partial charge is 0.452 e. The Morgan fingerprint density at radius 2 is 2.27 bits per heavy atom. The molecule has 0 saturated heterocycles. The SMILES string of the molecule is CS(=O)(=O)CCNC(=O)c1ccoc1Cl. The highest BCUT2D eigenvalue weighted by Crippen LogP contribution is 2.15. The van der Waals surface area contributed by atoms with Crippen molar-refractivity contribution in [3.63, 3.8) is 0 Å². The Morgan fingerprint density at radius 1 is 1.60 bits per heavy atom. The van der Waals surface area contributed by atoms with E-state index >= 15 is 0 Å². The number of furan rings is 1. The van der Waals surface area contributed by atoms with Crippen LogP contribution in [0.1, 0.15) is 10.4 Å². The van der Waals surface area contributed by atoms with Crippen molar-refractivity contribution in [2.75, 3.05) is 18.6 Å². The summed E-state index contributed by atoms with van der Waals surface area (Å²) >= 11 is 5.56. The highest BCUT2D eigenvalue weighted by molar-refractivity contribution is 7.90. The van der Waals surface area contributed by atoms with Crippen LogP contribution in [0.5, 0.6) is 0 Å². The zero-order valence-electron chi connectivity index (χ0n) is 7.99. The third-order valence-electron chi connectivity index (χ3n) is 1.62. The topological polar surface area (TPSA) is 76.4 Å². The molecule has 0 spiro atoms. The Bertz CT molecular complexity index is 451. The van der Waals surface area contributed by atoms with Crippen molar-refractivity contribution < 1.29 is 17.6 Å².